The van der Waals surface area contributed by atoms with Gasteiger partial charge in [-0.25, -0.2) is 0 Å². The predicted octanol–water partition coefficient (Wildman–Crippen LogP) is 2.57. The van der Waals surface area contributed by atoms with Gasteiger partial charge in [0, 0.05) is 6.42 Å². The highest BCUT2D eigenvalue weighted by Gasteiger charge is 2.26. The molecule has 0 bridgehead atoms. The third-order valence-electron chi connectivity index (χ3n) is 2.64. The van der Waals surface area contributed by atoms with Crippen LogP contribution in [0.5, 0.6) is 0 Å². The van der Waals surface area contributed by atoms with Gasteiger partial charge < -0.3 is 5.32 Å². The van der Waals surface area contributed by atoms with Crippen molar-refractivity contribution in [2.75, 3.05) is 0 Å². The Labute approximate surface area is 86.1 Å². The molecule has 1 aliphatic carbocycles. The van der Waals surface area contributed by atoms with Crippen molar-refractivity contribution in [1.82, 2.24) is 5.32 Å². The van der Waals surface area contributed by atoms with E-state index in [1.807, 2.05) is 19.1 Å². The third-order valence-corrected chi connectivity index (χ3v) is 2.64. The van der Waals surface area contributed by atoms with Crippen LogP contribution in [0.2, 0.25) is 0 Å². The molecule has 2 heteroatoms. The van der Waals surface area contributed by atoms with Crippen LogP contribution < -0.4 is 5.32 Å². The Morgan fingerprint density at radius 3 is 2.71 bits per heavy atom. The van der Waals surface area contributed by atoms with Crippen LogP contribution in [-0.2, 0) is 4.79 Å². The summed E-state index contributed by atoms with van der Waals surface area (Å²) >= 11 is 0. The Bertz CT molecular complexity index is 255. The lowest BCUT2D eigenvalue weighted by Crippen LogP contribution is -2.46. The van der Waals surface area contributed by atoms with Gasteiger partial charge in [-0.05, 0) is 19.3 Å². The van der Waals surface area contributed by atoms with Crippen molar-refractivity contribution in [2.24, 2.45) is 0 Å². The van der Waals surface area contributed by atoms with Crippen LogP contribution >= 0.6 is 0 Å². The zero-order valence-electron chi connectivity index (χ0n) is 9.05. The monoisotopic (exact) mass is 193 g/mol. The van der Waals surface area contributed by atoms with Gasteiger partial charge >= 0.3 is 0 Å². The van der Waals surface area contributed by atoms with Gasteiger partial charge in [-0.15, -0.1) is 0 Å². The lowest BCUT2D eigenvalue weighted by molar-refractivity contribution is -0.122. The largest absolute Gasteiger partial charge is 0.347 e. The van der Waals surface area contributed by atoms with Gasteiger partial charge in [0.05, 0.1) is 5.54 Å². The average Bonchev–Trinajstić information content (AvgIpc) is 2.19. The number of nitrogens with one attached hydrogen (secondary N) is 1. The molecule has 1 rings (SSSR count). The summed E-state index contributed by atoms with van der Waals surface area (Å²) < 4.78 is 0. The number of allylic oxidation sites excluding steroid dienone is 2. The maximum absolute atomic E-state index is 11.5. The molecule has 78 valence electrons. The Balaban J connectivity index is 2.58. The molecule has 0 saturated heterocycles. The molecule has 0 fully saturated rings. The number of hydrogen-bond donors (Lipinski definition) is 1. The van der Waals surface area contributed by atoms with E-state index in [1.165, 1.54) is 0 Å². The lowest BCUT2D eigenvalue weighted by Gasteiger charge is -2.31. The van der Waals surface area contributed by atoms with E-state index in [-0.39, 0.29) is 11.4 Å². The molecule has 0 heterocycles. The molecule has 1 unspecified atom stereocenters. The Morgan fingerprint density at radius 1 is 1.43 bits per heavy atom. The summed E-state index contributed by atoms with van der Waals surface area (Å²) in [5, 5.41) is 3.11. The van der Waals surface area contributed by atoms with E-state index >= 15 is 0 Å². The van der Waals surface area contributed by atoms with Gasteiger partial charge in [0.25, 0.3) is 0 Å². The summed E-state index contributed by atoms with van der Waals surface area (Å²) in [6.07, 6.45) is 11.6. The van der Waals surface area contributed by atoms with Gasteiger partial charge in [0.1, 0.15) is 0 Å². The number of hydrogen-bond acceptors (Lipinski definition) is 1. The topological polar surface area (TPSA) is 29.1 Å². The summed E-state index contributed by atoms with van der Waals surface area (Å²) in [4.78, 5) is 11.5. The second-order valence-corrected chi connectivity index (χ2v) is 3.80. The van der Waals surface area contributed by atoms with E-state index in [0.29, 0.717) is 6.42 Å². The molecule has 0 saturated carbocycles. The number of amides is 1. The van der Waals surface area contributed by atoms with E-state index in [9.17, 15) is 4.79 Å². The molecule has 0 aromatic rings. The van der Waals surface area contributed by atoms with E-state index in [2.05, 4.69) is 24.4 Å². The van der Waals surface area contributed by atoms with Gasteiger partial charge in [-0.2, -0.15) is 0 Å². The maximum Gasteiger partial charge on any atom is 0.220 e. The molecular formula is C12H19NO. The van der Waals surface area contributed by atoms with E-state index in [0.717, 1.165) is 19.3 Å². The standard InChI is InChI=1S/C12H19NO/c1-3-8-11(14)13-12(4-2)9-6-5-7-10-12/h5-7,9H,3-4,8,10H2,1-2H3,(H,13,14). The first-order chi connectivity index (χ1) is 6.72. The molecule has 0 radical (unpaired) electrons. The molecule has 0 spiro atoms. The molecule has 2 nitrogen and oxygen atoms in total. The second kappa shape index (κ2) is 4.99. The Morgan fingerprint density at radius 2 is 2.21 bits per heavy atom. The molecule has 14 heavy (non-hydrogen) atoms. The van der Waals surface area contributed by atoms with Crippen molar-refractivity contribution in [1.29, 1.82) is 0 Å². The molecule has 0 aliphatic heterocycles. The molecule has 1 aliphatic rings. The summed E-state index contributed by atoms with van der Waals surface area (Å²) in [6.45, 7) is 4.13. The first-order valence-electron chi connectivity index (χ1n) is 5.38. The highest BCUT2D eigenvalue weighted by Crippen LogP contribution is 2.21. The minimum Gasteiger partial charge on any atom is -0.347 e. The first-order valence-corrected chi connectivity index (χ1v) is 5.38. The normalized spacial score (nSPS) is 25.0. The molecule has 1 N–H and O–H groups in total. The SMILES string of the molecule is CCCC(=O)NC1(CC)C=CC=CC1. The second-order valence-electron chi connectivity index (χ2n) is 3.80. The summed E-state index contributed by atoms with van der Waals surface area (Å²) in [6, 6.07) is 0. The van der Waals surface area contributed by atoms with Crippen LogP contribution in [0, 0.1) is 0 Å². The number of carbonyl (C=O) groups is 1. The van der Waals surface area contributed by atoms with Crippen molar-refractivity contribution in [3.63, 3.8) is 0 Å². The fraction of sp³-hybridized carbons (Fsp3) is 0.583. The molecule has 0 aromatic heterocycles. The van der Waals surface area contributed by atoms with Gasteiger partial charge in [0.15, 0.2) is 0 Å². The van der Waals surface area contributed by atoms with Crippen LogP contribution in [0.3, 0.4) is 0 Å². The Kier molecular flexibility index (Phi) is 3.93. The van der Waals surface area contributed by atoms with Crippen molar-refractivity contribution in [3.8, 4) is 0 Å². The predicted molar refractivity (Wildman–Crippen MR) is 59.0 cm³/mol. The van der Waals surface area contributed by atoms with Crippen LogP contribution in [-0.4, -0.2) is 11.4 Å². The minimum atomic E-state index is -0.124. The molecule has 1 amide bonds. The number of rotatable bonds is 4. The summed E-state index contributed by atoms with van der Waals surface area (Å²) in [7, 11) is 0. The highest BCUT2D eigenvalue weighted by atomic mass is 16.1. The van der Waals surface area contributed by atoms with E-state index < -0.39 is 0 Å². The van der Waals surface area contributed by atoms with Crippen LogP contribution in [0.25, 0.3) is 0 Å². The number of carbonyl (C=O) groups excluding carboxylic acids is 1. The van der Waals surface area contributed by atoms with Crippen LogP contribution in [0.4, 0.5) is 0 Å². The minimum absolute atomic E-state index is 0.124. The van der Waals surface area contributed by atoms with Crippen LogP contribution in [0.15, 0.2) is 24.3 Å². The zero-order valence-corrected chi connectivity index (χ0v) is 9.05. The summed E-state index contributed by atoms with van der Waals surface area (Å²) in [5.41, 5.74) is -0.124. The first kappa shape index (κ1) is 11.0. The lowest BCUT2D eigenvalue weighted by atomic mass is 9.88. The van der Waals surface area contributed by atoms with Gasteiger partial charge in [-0.3, -0.25) is 4.79 Å². The van der Waals surface area contributed by atoms with Gasteiger partial charge in [-0.1, -0.05) is 38.2 Å². The Hall–Kier alpha value is -1.05. The molecule has 0 aromatic carbocycles. The third kappa shape index (κ3) is 2.72. The van der Waals surface area contributed by atoms with E-state index in [4.69, 9.17) is 0 Å². The van der Waals surface area contributed by atoms with Crippen molar-refractivity contribution >= 4 is 5.91 Å². The van der Waals surface area contributed by atoms with Crippen molar-refractivity contribution in [3.05, 3.63) is 24.3 Å². The van der Waals surface area contributed by atoms with Crippen molar-refractivity contribution < 1.29 is 4.79 Å². The quantitative estimate of drug-likeness (QED) is 0.730. The average molecular weight is 193 g/mol. The van der Waals surface area contributed by atoms with E-state index in [1.54, 1.807) is 0 Å². The fourth-order valence-corrected chi connectivity index (χ4v) is 1.68. The zero-order chi connectivity index (χ0) is 10.4. The highest BCUT2D eigenvalue weighted by molar-refractivity contribution is 5.77. The summed E-state index contributed by atoms with van der Waals surface area (Å²) in [5.74, 6) is 0.161. The molecule has 1 atom stereocenters. The van der Waals surface area contributed by atoms with Crippen LogP contribution in [0.1, 0.15) is 39.5 Å². The van der Waals surface area contributed by atoms with Crippen molar-refractivity contribution in [2.45, 2.75) is 45.1 Å². The smallest absolute Gasteiger partial charge is 0.220 e. The molecular weight excluding hydrogens is 174 g/mol. The fourth-order valence-electron chi connectivity index (χ4n) is 1.68. The maximum atomic E-state index is 11.5. The van der Waals surface area contributed by atoms with Gasteiger partial charge in [0.2, 0.25) is 5.91 Å².